The molecule has 2 aromatic rings. The van der Waals surface area contributed by atoms with Gasteiger partial charge in [0.05, 0.1) is 6.10 Å². The van der Waals surface area contributed by atoms with Crippen molar-refractivity contribution in [3.8, 4) is 5.75 Å². The van der Waals surface area contributed by atoms with E-state index in [1.807, 2.05) is 31.0 Å². The number of phenols is 1. The largest absolute Gasteiger partial charge is 0.507 e. The lowest BCUT2D eigenvalue weighted by atomic mass is 9.85. The third kappa shape index (κ3) is 3.41. The SMILES string of the molecule is CC1=C(c2cc(=O)c3c(O)cc(N=O)c([C@H]4CCN(C)C[C@H]4O)c3o2)C=CCC1. The lowest BCUT2D eigenvalue weighted by molar-refractivity contribution is 0.0640. The van der Waals surface area contributed by atoms with Crippen molar-refractivity contribution < 1.29 is 14.6 Å². The first-order chi connectivity index (χ1) is 13.9. The standard InChI is InChI=1S/C22H24N2O5/c1-12-5-3-4-6-13(12)19-10-17(26)21-16(25)9-15(23-28)20(22(21)29-19)14-7-8-24(2)11-18(14)27/h4,6,9-10,14,18,25,27H,3,5,7-8,11H2,1-2H3/t14-,18+/m0/s1. The Balaban J connectivity index is 2.01. The van der Waals surface area contributed by atoms with Gasteiger partial charge in [0.25, 0.3) is 0 Å². The Hall–Kier alpha value is -2.77. The van der Waals surface area contributed by atoms with Crippen LogP contribution in [-0.2, 0) is 0 Å². The number of likely N-dealkylation sites (N-methyl/N-ethyl adjacent to an activating group) is 1. The van der Waals surface area contributed by atoms with E-state index in [-0.39, 0.29) is 27.8 Å². The fourth-order valence-electron chi connectivity index (χ4n) is 4.38. The van der Waals surface area contributed by atoms with E-state index in [0.717, 1.165) is 30.5 Å². The van der Waals surface area contributed by atoms with Crippen molar-refractivity contribution in [3.05, 3.63) is 56.3 Å². The summed E-state index contributed by atoms with van der Waals surface area (Å²) >= 11 is 0. The normalized spacial score (nSPS) is 23.0. The molecule has 0 saturated carbocycles. The topological polar surface area (TPSA) is 103 Å². The van der Waals surface area contributed by atoms with Crippen LogP contribution in [0.1, 0.15) is 43.4 Å². The number of hydrogen-bond donors (Lipinski definition) is 2. The van der Waals surface area contributed by atoms with E-state index in [0.29, 0.717) is 24.3 Å². The van der Waals surface area contributed by atoms with Gasteiger partial charge in [0, 0.05) is 35.7 Å². The predicted molar refractivity (Wildman–Crippen MR) is 111 cm³/mol. The van der Waals surface area contributed by atoms with Crippen LogP contribution in [-0.4, -0.2) is 41.4 Å². The van der Waals surface area contributed by atoms with Crippen molar-refractivity contribution in [1.29, 1.82) is 0 Å². The Morgan fingerprint density at radius 2 is 2.10 bits per heavy atom. The van der Waals surface area contributed by atoms with Crippen LogP contribution < -0.4 is 5.43 Å². The van der Waals surface area contributed by atoms with E-state index < -0.39 is 12.0 Å². The summed E-state index contributed by atoms with van der Waals surface area (Å²) in [5.41, 5.74) is 2.06. The highest BCUT2D eigenvalue weighted by Crippen LogP contribution is 2.43. The maximum atomic E-state index is 12.9. The van der Waals surface area contributed by atoms with Crippen LogP contribution in [0.5, 0.6) is 5.75 Å². The smallest absolute Gasteiger partial charge is 0.197 e. The van der Waals surface area contributed by atoms with E-state index >= 15 is 0 Å². The van der Waals surface area contributed by atoms with Gasteiger partial charge in [0.1, 0.15) is 28.2 Å². The van der Waals surface area contributed by atoms with Gasteiger partial charge in [-0.05, 0) is 45.0 Å². The average Bonchev–Trinajstić information content (AvgIpc) is 2.68. The summed E-state index contributed by atoms with van der Waals surface area (Å²) in [6.07, 6.45) is 5.58. The van der Waals surface area contributed by atoms with Crippen LogP contribution in [0.4, 0.5) is 5.69 Å². The molecule has 1 aliphatic carbocycles. The molecule has 0 spiro atoms. The van der Waals surface area contributed by atoms with Gasteiger partial charge in [-0.1, -0.05) is 17.7 Å². The van der Waals surface area contributed by atoms with Crippen molar-refractivity contribution in [2.75, 3.05) is 20.1 Å². The van der Waals surface area contributed by atoms with Gasteiger partial charge >= 0.3 is 0 Å². The molecule has 0 radical (unpaired) electrons. The van der Waals surface area contributed by atoms with Crippen molar-refractivity contribution in [2.45, 2.75) is 38.2 Å². The minimum Gasteiger partial charge on any atom is -0.507 e. The maximum absolute atomic E-state index is 12.9. The number of phenolic OH excluding ortho intramolecular Hbond substituents is 1. The fourth-order valence-corrected chi connectivity index (χ4v) is 4.38. The van der Waals surface area contributed by atoms with E-state index in [1.165, 1.54) is 12.1 Å². The van der Waals surface area contributed by atoms with Gasteiger partial charge in [-0.25, -0.2) is 0 Å². The first-order valence-electron chi connectivity index (χ1n) is 9.81. The zero-order valence-corrected chi connectivity index (χ0v) is 16.5. The number of aromatic hydroxyl groups is 1. The molecule has 7 heteroatoms. The Kier molecular flexibility index (Phi) is 5.10. The first kappa shape index (κ1) is 19.5. The summed E-state index contributed by atoms with van der Waals surface area (Å²) in [4.78, 5) is 26.5. The van der Waals surface area contributed by atoms with Crippen molar-refractivity contribution in [3.63, 3.8) is 0 Å². The minimum atomic E-state index is -0.744. The number of β-amino-alcohol motifs (C(OH)–C–C–N with tert-alkyl or cyclic N) is 1. The number of nitrogens with zero attached hydrogens (tertiary/aromatic N) is 2. The number of aliphatic hydroxyl groups is 1. The van der Waals surface area contributed by atoms with Gasteiger partial charge in [-0.15, -0.1) is 4.91 Å². The third-order valence-electron chi connectivity index (χ3n) is 5.95. The molecule has 4 rings (SSSR count). The summed E-state index contributed by atoms with van der Waals surface area (Å²) in [7, 11) is 1.91. The summed E-state index contributed by atoms with van der Waals surface area (Å²) in [5.74, 6) is -0.370. The number of nitroso groups, excluding NO2 is 1. The lowest BCUT2D eigenvalue weighted by Crippen LogP contribution is -2.40. The highest BCUT2D eigenvalue weighted by Gasteiger charge is 2.33. The molecule has 0 unspecified atom stereocenters. The number of benzene rings is 1. The quantitative estimate of drug-likeness (QED) is 0.765. The summed E-state index contributed by atoms with van der Waals surface area (Å²) < 4.78 is 6.14. The Labute approximate surface area is 167 Å². The fraction of sp³-hybridized carbons (Fsp3) is 0.409. The molecule has 1 aliphatic heterocycles. The maximum Gasteiger partial charge on any atom is 0.197 e. The van der Waals surface area contributed by atoms with Gasteiger partial charge in [-0.3, -0.25) is 4.79 Å². The highest BCUT2D eigenvalue weighted by molar-refractivity contribution is 5.92. The molecule has 29 heavy (non-hydrogen) atoms. The second kappa shape index (κ2) is 7.57. The van der Waals surface area contributed by atoms with E-state index in [2.05, 4.69) is 5.18 Å². The van der Waals surface area contributed by atoms with E-state index in [4.69, 9.17) is 4.42 Å². The molecule has 7 nitrogen and oxygen atoms in total. The van der Waals surface area contributed by atoms with Crippen LogP contribution in [0.2, 0.25) is 0 Å². The van der Waals surface area contributed by atoms with Crippen LogP contribution in [0.15, 0.2) is 44.2 Å². The van der Waals surface area contributed by atoms with Crippen molar-refractivity contribution >= 4 is 22.2 Å². The molecular weight excluding hydrogens is 372 g/mol. The Bertz CT molecular complexity index is 1100. The van der Waals surface area contributed by atoms with Crippen LogP contribution >= 0.6 is 0 Å². The monoisotopic (exact) mass is 396 g/mol. The molecule has 1 fully saturated rings. The van der Waals surface area contributed by atoms with Gasteiger partial charge in [0.15, 0.2) is 5.43 Å². The van der Waals surface area contributed by atoms with Crippen molar-refractivity contribution in [2.24, 2.45) is 5.18 Å². The van der Waals surface area contributed by atoms with E-state index in [9.17, 15) is 19.9 Å². The molecule has 2 atom stereocenters. The summed E-state index contributed by atoms with van der Waals surface area (Å²) in [5, 5.41) is 24.2. The number of fused-ring (bicyclic) bond motifs is 1. The molecule has 0 amide bonds. The van der Waals surface area contributed by atoms with Crippen molar-refractivity contribution in [1.82, 2.24) is 4.90 Å². The van der Waals surface area contributed by atoms with Crippen LogP contribution in [0, 0.1) is 4.91 Å². The second-order valence-corrected chi connectivity index (χ2v) is 7.96. The number of rotatable bonds is 3. The van der Waals surface area contributed by atoms with Gasteiger partial charge < -0.3 is 19.5 Å². The van der Waals surface area contributed by atoms with Gasteiger partial charge in [-0.2, -0.15) is 0 Å². The molecule has 2 N–H and O–H groups in total. The molecular formula is C22H24N2O5. The first-order valence-corrected chi connectivity index (χ1v) is 9.81. The number of likely N-dealkylation sites (tertiary alicyclic amines) is 1. The highest BCUT2D eigenvalue weighted by atomic mass is 16.3. The Morgan fingerprint density at radius 1 is 1.31 bits per heavy atom. The Morgan fingerprint density at radius 3 is 2.79 bits per heavy atom. The molecule has 1 saturated heterocycles. The molecule has 1 aromatic carbocycles. The summed E-state index contributed by atoms with van der Waals surface area (Å²) in [6.45, 7) is 3.15. The van der Waals surface area contributed by atoms with Gasteiger partial charge in [0.2, 0.25) is 0 Å². The summed E-state index contributed by atoms with van der Waals surface area (Å²) in [6, 6.07) is 2.57. The molecule has 0 bridgehead atoms. The number of hydrogen-bond acceptors (Lipinski definition) is 7. The predicted octanol–water partition coefficient (Wildman–Crippen LogP) is 3.80. The number of piperidine rings is 1. The molecule has 2 aliphatic rings. The second-order valence-electron chi connectivity index (χ2n) is 7.96. The minimum absolute atomic E-state index is 0.00575. The van der Waals surface area contributed by atoms with Crippen LogP contribution in [0.3, 0.4) is 0 Å². The molecule has 152 valence electrons. The van der Waals surface area contributed by atoms with E-state index in [1.54, 1.807) is 0 Å². The molecule has 1 aromatic heterocycles. The van der Waals surface area contributed by atoms with Crippen LogP contribution in [0.25, 0.3) is 16.5 Å². The molecule has 2 heterocycles. The third-order valence-corrected chi connectivity index (χ3v) is 5.95. The number of allylic oxidation sites excluding steroid dienone is 4. The average molecular weight is 396 g/mol. The number of aliphatic hydroxyl groups excluding tert-OH is 1. The lowest BCUT2D eigenvalue weighted by Gasteiger charge is -2.34. The zero-order chi connectivity index (χ0) is 20.7. The zero-order valence-electron chi connectivity index (χ0n) is 16.5.